The number of pyridine rings is 1. The van der Waals surface area contributed by atoms with Crippen molar-refractivity contribution < 1.29 is 0 Å². The Balaban J connectivity index is 1.46. The molecule has 2 aromatic heterocycles. The van der Waals surface area contributed by atoms with Gasteiger partial charge in [-0.15, -0.1) is 0 Å². The maximum atomic E-state index is 4.39. The molecule has 1 N–H and O–H groups in total. The summed E-state index contributed by atoms with van der Waals surface area (Å²) in [6.07, 6.45) is 6.94. The Morgan fingerprint density at radius 1 is 1.30 bits per heavy atom. The maximum absolute atomic E-state index is 4.39. The first kappa shape index (κ1) is 13.1. The number of hydrogen-bond acceptors (Lipinski definition) is 4. The molecule has 0 aromatic carbocycles. The van der Waals surface area contributed by atoms with E-state index in [-0.39, 0.29) is 0 Å². The Labute approximate surface area is 119 Å². The van der Waals surface area contributed by atoms with Crippen molar-refractivity contribution in [2.75, 3.05) is 25.0 Å². The lowest BCUT2D eigenvalue weighted by Gasteiger charge is -2.16. The summed E-state index contributed by atoms with van der Waals surface area (Å²) >= 11 is 0. The highest BCUT2D eigenvalue weighted by Gasteiger charge is 2.23. The van der Waals surface area contributed by atoms with Crippen molar-refractivity contribution in [1.82, 2.24) is 19.4 Å². The molecule has 0 bridgehead atoms. The van der Waals surface area contributed by atoms with Gasteiger partial charge in [-0.3, -0.25) is 4.90 Å². The average molecular weight is 271 g/mol. The molecule has 5 heteroatoms. The van der Waals surface area contributed by atoms with E-state index in [4.69, 9.17) is 0 Å². The summed E-state index contributed by atoms with van der Waals surface area (Å²) < 4.78 is 2.10. The number of aryl methyl sites for hydroxylation is 1. The van der Waals surface area contributed by atoms with E-state index in [2.05, 4.69) is 31.8 Å². The second-order valence-electron chi connectivity index (χ2n) is 5.44. The van der Waals surface area contributed by atoms with Crippen molar-refractivity contribution in [3.8, 4) is 0 Å². The molecule has 1 fully saturated rings. The van der Waals surface area contributed by atoms with Gasteiger partial charge in [0.2, 0.25) is 0 Å². The van der Waals surface area contributed by atoms with Crippen LogP contribution in [0, 0.1) is 5.92 Å². The zero-order valence-electron chi connectivity index (χ0n) is 11.9. The van der Waals surface area contributed by atoms with Crippen molar-refractivity contribution in [1.29, 1.82) is 0 Å². The molecule has 0 amide bonds. The monoisotopic (exact) mass is 271 g/mol. The van der Waals surface area contributed by atoms with E-state index in [1.165, 1.54) is 6.42 Å². The smallest absolute Gasteiger partial charge is 0.125 e. The normalized spacial score (nSPS) is 19.4. The summed E-state index contributed by atoms with van der Waals surface area (Å²) in [6.45, 7) is 4.23. The molecule has 0 saturated carbocycles. The molecule has 106 valence electrons. The summed E-state index contributed by atoms with van der Waals surface area (Å²) in [5.41, 5.74) is 0. The van der Waals surface area contributed by atoms with Gasteiger partial charge in [-0.05, 0) is 31.0 Å². The van der Waals surface area contributed by atoms with Crippen LogP contribution in [0.25, 0.3) is 0 Å². The minimum Gasteiger partial charge on any atom is -0.370 e. The van der Waals surface area contributed by atoms with Gasteiger partial charge in [0.1, 0.15) is 11.6 Å². The fraction of sp³-hybridized carbons (Fsp3) is 0.467. The van der Waals surface area contributed by atoms with E-state index in [1.54, 1.807) is 0 Å². The fourth-order valence-corrected chi connectivity index (χ4v) is 2.69. The second kappa shape index (κ2) is 6.05. The van der Waals surface area contributed by atoms with E-state index >= 15 is 0 Å². The van der Waals surface area contributed by atoms with E-state index in [9.17, 15) is 0 Å². The number of hydrogen-bond donors (Lipinski definition) is 1. The third-order valence-corrected chi connectivity index (χ3v) is 3.89. The van der Waals surface area contributed by atoms with Crippen molar-refractivity contribution in [3.05, 3.63) is 42.6 Å². The highest BCUT2D eigenvalue weighted by atomic mass is 15.2. The van der Waals surface area contributed by atoms with Gasteiger partial charge < -0.3 is 9.88 Å². The van der Waals surface area contributed by atoms with E-state index in [0.717, 1.165) is 37.8 Å². The Kier molecular flexibility index (Phi) is 3.97. The standard InChI is InChI=1S/C15H21N5/c1-19-9-7-17-15(19)12-20-8-5-13(11-20)10-18-14-4-2-3-6-16-14/h2-4,6-7,9,13H,5,8,10-12H2,1H3,(H,16,18). The highest BCUT2D eigenvalue weighted by Crippen LogP contribution is 2.18. The van der Waals surface area contributed by atoms with Gasteiger partial charge in [0, 0.05) is 38.7 Å². The molecule has 1 aliphatic rings. The van der Waals surface area contributed by atoms with Gasteiger partial charge >= 0.3 is 0 Å². The highest BCUT2D eigenvalue weighted by molar-refractivity contribution is 5.33. The Morgan fingerprint density at radius 2 is 2.25 bits per heavy atom. The molecule has 1 saturated heterocycles. The first-order chi connectivity index (χ1) is 9.81. The summed E-state index contributed by atoms with van der Waals surface area (Å²) in [6, 6.07) is 5.97. The van der Waals surface area contributed by atoms with Crippen LogP contribution < -0.4 is 5.32 Å². The number of nitrogens with zero attached hydrogens (tertiary/aromatic N) is 4. The van der Waals surface area contributed by atoms with Crippen LogP contribution in [0.4, 0.5) is 5.82 Å². The van der Waals surface area contributed by atoms with Crippen LogP contribution >= 0.6 is 0 Å². The molecular weight excluding hydrogens is 250 g/mol. The van der Waals surface area contributed by atoms with E-state index in [0.29, 0.717) is 5.92 Å². The predicted octanol–water partition coefficient (Wildman–Crippen LogP) is 1.75. The quantitative estimate of drug-likeness (QED) is 0.900. The molecule has 1 unspecified atom stereocenters. The van der Waals surface area contributed by atoms with Crippen LogP contribution in [0.3, 0.4) is 0 Å². The Hall–Kier alpha value is -1.88. The van der Waals surface area contributed by atoms with Gasteiger partial charge in [0.25, 0.3) is 0 Å². The van der Waals surface area contributed by atoms with Crippen LogP contribution in [0.1, 0.15) is 12.2 Å². The molecule has 1 atom stereocenters. The lowest BCUT2D eigenvalue weighted by molar-refractivity contribution is 0.307. The second-order valence-corrected chi connectivity index (χ2v) is 5.44. The molecule has 0 spiro atoms. The van der Waals surface area contributed by atoms with E-state index in [1.807, 2.05) is 36.8 Å². The lowest BCUT2D eigenvalue weighted by atomic mass is 10.1. The minimum atomic E-state index is 0.692. The van der Waals surface area contributed by atoms with Crippen LogP contribution in [-0.4, -0.2) is 39.1 Å². The first-order valence-corrected chi connectivity index (χ1v) is 7.15. The van der Waals surface area contributed by atoms with Gasteiger partial charge in [-0.25, -0.2) is 9.97 Å². The molecule has 5 nitrogen and oxygen atoms in total. The van der Waals surface area contributed by atoms with Crippen LogP contribution in [0.5, 0.6) is 0 Å². The number of likely N-dealkylation sites (tertiary alicyclic amines) is 1. The molecule has 20 heavy (non-hydrogen) atoms. The summed E-state index contributed by atoms with van der Waals surface area (Å²) in [7, 11) is 2.05. The Bertz CT molecular complexity index is 536. The molecule has 3 heterocycles. The molecule has 1 aliphatic heterocycles. The minimum absolute atomic E-state index is 0.692. The maximum Gasteiger partial charge on any atom is 0.125 e. The van der Waals surface area contributed by atoms with Gasteiger partial charge in [-0.2, -0.15) is 0 Å². The predicted molar refractivity (Wildman–Crippen MR) is 79.3 cm³/mol. The topological polar surface area (TPSA) is 46.0 Å². The SMILES string of the molecule is Cn1ccnc1CN1CCC(CNc2ccccn2)C1. The number of aromatic nitrogens is 3. The fourth-order valence-electron chi connectivity index (χ4n) is 2.69. The van der Waals surface area contributed by atoms with Crippen molar-refractivity contribution in [2.45, 2.75) is 13.0 Å². The van der Waals surface area contributed by atoms with Gasteiger partial charge in [-0.1, -0.05) is 6.07 Å². The largest absolute Gasteiger partial charge is 0.370 e. The van der Waals surface area contributed by atoms with Crippen molar-refractivity contribution in [2.24, 2.45) is 13.0 Å². The van der Waals surface area contributed by atoms with Gasteiger partial charge in [0.05, 0.1) is 6.54 Å². The molecule has 3 rings (SSSR count). The van der Waals surface area contributed by atoms with Crippen LogP contribution in [0.15, 0.2) is 36.8 Å². The molecule has 0 radical (unpaired) electrons. The molecule has 0 aliphatic carbocycles. The Morgan fingerprint density at radius 3 is 3.00 bits per heavy atom. The third kappa shape index (κ3) is 3.17. The van der Waals surface area contributed by atoms with E-state index < -0.39 is 0 Å². The zero-order chi connectivity index (χ0) is 13.8. The number of anilines is 1. The summed E-state index contributed by atoms with van der Waals surface area (Å²) in [4.78, 5) is 11.2. The van der Waals surface area contributed by atoms with Gasteiger partial charge in [0.15, 0.2) is 0 Å². The summed E-state index contributed by atoms with van der Waals surface area (Å²) in [5.74, 6) is 2.80. The average Bonchev–Trinajstić information content (AvgIpc) is 3.08. The van der Waals surface area contributed by atoms with Crippen LogP contribution in [-0.2, 0) is 13.6 Å². The molecular formula is C15H21N5. The third-order valence-electron chi connectivity index (χ3n) is 3.89. The zero-order valence-corrected chi connectivity index (χ0v) is 11.9. The number of rotatable bonds is 5. The molecule has 2 aromatic rings. The van der Waals surface area contributed by atoms with Crippen molar-refractivity contribution in [3.63, 3.8) is 0 Å². The summed E-state index contributed by atoms with van der Waals surface area (Å²) in [5, 5.41) is 3.42. The van der Waals surface area contributed by atoms with Crippen molar-refractivity contribution >= 4 is 5.82 Å². The number of nitrogens with one attached hydrogen (secondary N) is 1. The number of imidazole rings is 1. The lowest BCUT2D eigenvalue weighted by Crippen LogP contribution is -2.24. The van der Waals surface area contributed by atoms with Crippen LogP contribution in [0.2, 0.25) is 0 Å². The first-order valence-electron chi connectivity index (χ1n) is 7.15.